The number of methoxy groups -OCH3 is 1. The Morgan fingerprint density at radius 2 is 1.96 bits per heavy atom. The molecule has 0 spiro atoms. The van der Waals surface area contributed by atoms with E-state index in [9.17, 15) is 9.59 Å². The van der Waals surface area contributed by atoms with Crippen LogP contribution in [-0.4, -0.2) is 32.6 Å². The van der Waals surface area contributed by atoms with Crippen molar-refractivity contribution >= 4 is 45.1 Å². The summed E-state index contributed by atoms with van der Waals surface area (Å²) >= 11 is 9.35. The second-order valence-corrected chi connectivity index (χ2v) is 7.20. The number of hydrogen-bond donors (Lipinski definition) is 0. The Bertz CT molecular complexity index is 841. The monoisotopic (exact) mass is 453 g/mol. The van der Waals surface area contributed by atoms with Gasteiger partial charge in [-0.05, 0) is 59.1 Å². The zero-order chi connectivity index (χ0) is 20.0. The van der Waals surface area contributed by atoms with Crippen molar-refractivity contribution in [1.29, 1.82) is 0 Å². The largest absolute Gasteiger partial charge is 0.491 e. The molecule has 27 heavy (non-hydrogen) atoms. The first-order chi connectivity index (χ1) is 12.8. The molecular formula is C20H21BrClNO4. The Morgan fingerprint density at radius 3 is 2.63 bits per heavy atom. The molecule has 0 unspecified atom stereocenters. The van der Waals surface area contributed by atoms with Crippen LogP contribution in [0.1, 0.15) is 28.8 Å². The Balaban J connectivity index is 2.19. The molecule has 0 aliphatic carbocycles. The van der Waals surface area contributed by atoms with Gasteiger partial charge < -0.3 is 14.4 Å². The lowest BCUT2D eigenvalue weighted by molar-refractivity contribution is -0.140. The molecular weight excluding hydrogens is 434 g/mol. The first kappa shape index (κ1) is 21.3. The number of ether oxygens (including phenoxy) is 2. The zero-order valence-electron chi connectivity index (χ0n) is 15.4. The Morgan fingerprint density at radius 1 is 1.22 bits per heavy atom. The molecule has 0 atom stereocenters. The maximum Gasteiger partial charge on any atom is 0.305 e. The van der Waals surface area contributed by atoms with Crippen LogP contribution in [0, 0.1) is 6.92 Å². The summed E-state index contributed by atoms with van der Waals surface area (Å²) in [4.78, 5) is 25.7. The molecule has 0 aliphatic heterocycles. The number of hydrogen-bond acceptors (Lipinski definition) is 4. The van der Waals surface area contributed by atoms with E-state index in [1.807, 2.05) is 25.1 Å². The molecule has 0 aromatic heterocycles. The fraction of sp³-hybridized carbons (Fsp3) is 0.300. The summed E-state index contributed by atoms with van der Waals surface area (Å²) in [6, 6.07) is 10.6. The van der Waals surface area contributed by atoms with Crippen molar-refractivity contribution in [2.45, 2.75) is 19.8 Å². The van der Waals surface area contributed by atoms with E-state index in [4.69, 9.17) is 16.3 Å². The third kappa shape index (κ3) is 5.47. The third-order valence-corrected chi connectivity index (χ3v) is 5.23. The fourth-order valence-electron chi connectivity index (χ4n) is 2.60. The fourth-order valence-corrected chi connectivity index (χ4v) is 3.10. The minimum atomic E-state index is -0.274. The van der Waals surface area contributed by atoms with Gasteiger partial charge in [0.15, 0.2) is 0 Å². The van der Waals surface area contributed by atoms with E-state index in [2.05, 4.69) is 20.7 Å². The predicted molar refractivity (Wildman–Crippen MR) is 110 cm³/mol. The molecule has 0 saturated heterocycles. The first-order valence-electron chi connectivity index (χ1n) is 8.37. The van der Waals surface area contributed by atoms with E-state index in [0.29, 0.717) is 39.5 Å². The molecule has 0 aliphatic rings. The number of amides is 1. The van der Waals surface area contributed by atoms with Gasteiger partial charge in [-0.15, -0.1) is 0 Å². The molecule has 0 fully saturated rings. The number of esters is 1. The molecule has 0 bridgehead atoms. The number of benzene rings is 2. The molecule has 5 nitrogen and oxygen atoms in total. The van der Waals surface area contributed by atoms with Gasteiger partial charge in [0.2, 0.25) is 0 Å². The number of carbonyl (C=O) groups excluding carboxylic acids is 2. The molecule has 0 N–H and O–H groups in total. The third-order valence-electron chi connectivity index (χ3n) is 4.02. The summed E-state index contributed by atoms with van der Waals surface area (Å²) in [6.45, 7) is 2.26. The van der Waals surface area contributed by atoms with Crippen LogP contribution >= 0.6 is 27.5 Å². The van der Waals surface area contributed by atoms with Crippen molar-refractivity contribution in [1.82, 2.24) is 0 Å². The van der Waals surface area contributed by atoms with Gasteiger partial charge in [0.1, 0.15) is 5.75 Å². The van der Waals surface area contributed by atoms with Crippen molar-refractivity contribution < 1.29 is 19.1 Å². The lowest BCUT2D eigenvalue weighted by Crippen LogP contribution is -2.27. The summed E-state index contributed by atoms with van der Waals surface area (Å²) in [5, 5.41) is 0.541. The normalized spacial score (nSPS) is 10.4. The quantitative estimate of drug-likeness (QED) is 0.435. The van der Waals surface area contributed by atoms with Crippen molar-refractivity contribution in [2.24, 2.45) is 0 Å². The van der Waals surface area contributed by atoms with Crippen LogP contribution in [0.3, 0.4) is 0 Å². The highest BCUT2D eigenvalue weighted by Crippen LogP contribution is 2.33. The van der Waals surface area contributed by atoms with E-state index >= 15 is 0 Å². The van der Waals surface area contributed by atoms with E-state index in [-0.39, 0.29) is 18.3 Å². The zero-order valence-corrected chi connectivity index (χ0v) is 17.8. The number of carbonyl (C=O) groups is 2. The minimum Gasteiger partial charge on any atom is -0.491 e. The summed E-state index contributed by atoms with van der Waals surface area (Å²) in [7, 11) is 3.06. The van der Waals surface area contributed by atoms with Crippen LogP contribution in [-0.2, 0) is 9.53 Å². The lowest BCUT2D eigenvalue weighted by atomic mass is 10.1. The van der Waals surface area contributed by atoms with Crippen LogP contribution in [0.25, 0.3) is 0 Å². The number of rotatable bonds is 7. The van der Waals surface area contributed by atoms with Gasteiger partial charge >= 0.3 is 5.97 Å². The summed E-state index contributed by atoms with van der Waals surface area (Å²) < 4.78 is 11.1. The van der Waals surface area contributed by atoms with Crippen LogP contribution in [0.5, 0.6) is 5.75 Å². The van der Waals surface area contributed by atoms with Gasteiger partial charge in [-0.3, -0.25) is 9.59 Å². The number of nitrogens with zero attached hydrogens (tertiary/aromatic N) is 1. The van der Waals surface area contributed by atoms with Crippen molar-refractivity contribution in [2.75, 3.05) is 25.7 Å². The maximum absolute atomic E-state index is 12.9. The maximum atomic E-state index is 12.9. The highest BCUT2D eigenvalue weighted by atomic mass is 79.9. The Labute approximate surface area is 172 Å². The first-order valence-corrected chi connectivity index (χ1v) is 9.54. The second kappa shape index (κ2) is 9.76. The van der Waals surface area contributed by atoms with Gasteiger partial charge in [0.05, 0.1) is 24.4 Å². The summed E-state index contributed by atoms with van der Waals surface area (Å²) in [6.07, 6.45) is 0.813. The Hall–Kier alpha value is -2.05. The van der Waals surface area contributed by atoms with Crippen LogP contribution in [0.4, 0.5) is 5.69 Å². The molecule has 144 valence electrons. The van der Waals surface area contributed by atoms with Crippen LogP contribution in [0.15, 0.2) is 40.9 Å². The standard InChI is InChI=1S/C20H21BrClNO4/c1-13-6-4-7-17(27-11-5-8-18(24)26-3)19(13)23(2)20(25)14-9-10-16(22)15(21)12-14/h4,6-7,9-10,12H,5,8,11H2,1-3H3. The number of halogens is 2. The molecule has 2 aromatic rings. The summed E-state index contributed by atoms with van der Waals surface area (Å²) in [5.74, 6) is 0.133. The number of anilines is 1. The Kier molecular flexibility index (Phi) is 7.68. The van der Waals surface area contributed by atoms with E-state index in [1.54, 1.807) is 30.1 Å². The van der Waals surface area contributed by atoms with Gasteiger partial charge in [-0.25, -0.2) is 0 Å². The molecule has 2 rings (SSSR count). The van der Waals surface area contributed by atoms with Crippen molar-refractivity contribution in [3.63, 3.8) is 0 Å². The molecule has 2 aromatic carbocycles. The van der Waals surface area contributed by atoms with Crippen molar-refractivity contribution in [3.05, 3.63) is 57.0 Å². The summed E-state index contributed by atoms with van der Waals surface area (Å²) in [5.41, 5.74) is 2.10. The predicted octanol–water partition coefficient (Wildman–Crippen LogP) is 5.02. The number of aryl methyl sites for hydroxylation is 1. The second-order valence-electron chi connectivity index (χ2n) is 5.94. The highest BCUT2D eigenvalue weighted by molar-refractivity contribution is 9.10. The van der Waals surface area contributed by atoms with Crippen LogP contribution in [0.2, 0.25) is 5.02 Å². The van der Waals surface area contributed by atoms with Gasteiger partial charge in [0.25, 0.3) is 5.91 Å². The van der Waals surface area contributed by atoms with Crippen molar-refractivity contribution in [3.8, 4) is 5.75 Å². The van der Waals surface area contributed by atoms with Crippen LogP contribution < -0.4 is 9.64 Å². The molecule has 0 heterocycles. The van der Waals surface area contributed by atoms with Gasteiger partial charge in [-0.1, -0.05) is 23.7 Å². The minimum absolute atomic E-state index is 0.180. The van der Waals surface area contributed by atoms with E-state index in [0.717, 1.165) is 5.56 Å². The van der Waals surface area contributed by atoms with Gasteiger partial charge in [-0.2, -0.15) is 0 Å². The molecule has 7 heteroatoms. The molecule has 1 amide bonds. The molecule has 0 saturated carbocycles. The lowest BCUT2D eigenvalue weighted by Gasteiger charge is -2.23. The SMILES string of the molecule is COC(=O)CCCOc1cccc(C)c1N(C)C(=O)c1ccc(Cl)c(Br)c1. The van der Waals surface area contributed by atoms with Gasteiger partial charge in [0, 0.05) is 23.5 Å². The van der Waals surface area contributed by atoms with E-state index in [1.165, 1.54) is 7.11 Å². The number of para-hydroxylation sites is 1. The highest BCUT2D eigenvalue weighted by Gasteiger charge is 2.20. The average molecular weight is 455 g/mol. The molecule has 0 radical (unpaired) electrons. The smallest absolute Gasteiger partial charge is 0.305 e. The topological polar surface area (TPSA) is 55.8 Å². The van der Waals surface area contributed by atoms with E-state index < -0.39 is 0 Å². The average Bonchev–Trinajstić information content (AvgIpc) is 2.66.